The fourth-order valence-electron chi connectivity index (χ4n) is 3.30. The Balaban J connectivity index is 1.77. The van der Waals surface area contributed by atoms with Crippen LogP contribution in [0.4, 0.5) is 4.79 Å². The van der Waals surface area contributed by atoms with E-state index in [1.807, 2.05) is 30.3 Å². The number of nitrogens with one attached hydrogen (secondary N) is 1. The zero-order valence-corrected chi connectivity index (χ0v) is 16.4. The highest BCUT2D eigenvalue weighted by Gasteiger charge is 2.36. The maximum absolute atomic E-state index is 12.7. The van der Waals surface area contributed by atoms with Crippen LogP contribution in [0.15, 0.2) is 54.6 Å². The first-order chi connectivity index (χ1) is 13.2. The summed E-state index contributed by atoms with van der Waals surface area (Å²) in [5, 5.41) is 13.5. The van der Waals surface area contributed by atoms with Crippen LogP contribution < -0.4 is 5.32 Å². The molecule has 0 fully saturated rings. The van der Waals surface area contributed by atoms with Gasteiger partial charge in [-0.2, -0.15) is 0 Å². The number of amides is 2. The van der Waals surface area contributed by atoms with Crippen molar-refractivity contribution in [1.29, 1.82) is 0 Å². The average Bonchev–Trinajstić information content (AvgIpc) is 2.86. The summed E-state index contributed by atoms with van der Waals surface area (Å²) >= 11 is 0. The number of aliphatic hydroxyl groups excluding tert-OH is 1. The average molecular weight is 382 g/mol. The van der Waals surface area contributed by atoms with Crippen LogP contribution in [0.1, 0.15) is 48.5 Å². The van der Waals surface area contributed by atoms with E-state index in [1.54, 1.807) is 45.0 Å². The molecule has 2 amide bonds. The lowest BCUT2D eigenvalue weighted by molar-refractivity contribution is 0.0108. The molecule has 2 aromatic rings. The van der Waals surface area contributed by atoms with E-state index in [0.29, 0.717) is 17.5 Å². The molecule has 0 saturated carbocycles. The maximum Gasteiger partial charge on any atom is 0.407 e. The Labute approximate surface area is 165 Å². The second-order valence-electron chi connectivity index (χ2n) is 7.95. The summed E-state index contributed by atoms with van der Waals surface area (Å²) in [5.74, 6) is -0.243. The number of benzene rings is 2. The van der Waals surface area contributed by atoms with Crippen molar-refractivity contribution in [3.8, 4) is 0 Å². The lowest BCUT2D eigenvalue weighted by atomic mass is 10.1. The molecule has 2 N–H and O–H groups in total. The first-order valence-corrected chi connectivity index (χ1v) is 9.36. The van der Waals surface area contributed by atoms with Gasteiger partial charge in [0.1, 0.15) is 5.60 Å². The number of alkyl carbamates (subject to hydrolysis) is 1. The van der Waals surface area contributed by atoms with Crippen molar-refractivity contribution in [2.45, 2.75) is 45.1 Å². The van der Waals surface area contributed by atoms with Gasteiger partial charge in [0.15, 0.2) is 6.23 Å². The maximum atomic E-state index is 12.7. The topological polar surface area (TPSA) is 78.9 Å². The third-order valence-corrected chi connectivity index (χ3v) is 4.49. The second-order valence-corrected chi connectivity index (χ2v) is 7.95. The number of carbonyl (C=O) groups is 2. The highest BCUT2D eigenvalue weighted by Crippen LogP contribution is 2.31. The van der Waals surface area contributed by atoms with Crippen LogP contribution in [0.3, 0.4) is 0 Å². The molecule has 3 rings (SSSR count). The predicted octanol–water partition coefficient (Wildman–Crippen LogP) is 3.27. The van der Waals surface area contributed by atoms with Crippen molar-refractivity contribution in [1.82, 2.24) is 10.2 Å². The lowest BCUT2D eigenvalue weighted by Gasteiger charge is -2.28. The minimum absolute atomic E-state index is 0.169. The van der Waals surface area contributed by atoms with Gasteiger partial charge in [-0.1, -0.05) is 48.5 Å². The van der Waals surface area contributed by atoms with Crippen LogP contribution in [0, 0.1) is 0 Å². The summed E-state index contributed by atoms with van der Waals surface area (Å²) in [5.41, 5.74) is 1.47. The first-order valence-electron chi connectivity index (χ1n) is 9.36. The number of rotatable bonds is 5. The van der Waals surface area contributed by atoms with E-state index in [-0.39, 0.29) is 12.5 Å². The zero-order valence-electron chi connectivity index (χ0n) is 16.4. The Morgan fingerprint density at radius 1 is 1.14 bits per heavy atom. The normalized spacial score (nSPS) is 17.2. The third kappa shape index (κ3) is 4.70. The molecule has 0 aromatic heterocycles. The molecule has 1 aliphatic heterocycles. The Kier molecular flexibility index (Phi) is 5.70. The molecule has 0 radical (unpaired) electrons. The predicted molar refractivity (Wildman–Crippen MR) is 106 cm³/mol. The lowest BCUT2D eigenvalue weighted by Crippen LogP contribution is -2.47. The quantitative estimate of drug-likeness (QED) is 0.832. The minimum Gasteiger partial charge on any atom is -0.444 e. The van der Waals surface area contributed by atoms with Gasteiger partial charge in [-0.3, -0.25) is 4.79 Å². The van der Waals surface area contributed by atoms with Gasteiger partial charge in [0.25, 0.3) is 5.91 Å². The van der Waals surface area contributed by atoms with E-state index < -0.39 is 24.0 Å². The van der Waals surface area contributed by atoms with Gasteiger partial charge in [0.05, 0.1) is 6.04 Å². The van der Waals surface area contributed by atoms with E-state index in [9.17, 15) is 14.7 Å². The number of hydrogen-bond acceptors (Lipinski definition) is 4. The molecule has 0 spiro atoms. The van der Waals surface area contributed by atoms with Crippen molar-refractivity contribution in [2.24, 2.45) is 0 Å². The van der Waals surface area contributed by atoms with Crippen molar-refractivity contribution in [3.63, 3.8) is 0 Å². The number of fused-ring (bicyclic) bond motifs is 1. The van der Waals surface area contributed by atoms with E-state index in [2.05, 4.69) is 5.32 Å². The Hall–Kier alpha value is -2.86. The number of ether oxygens (including phenoxy) is 1. The van der Waals surface area contributed by atoms with Crippen LogP contribution in [0.5, 0.6) is 0 Å². The van der Waals surface area contributed by atoms with Crippen LogP contribution in [-0.4, -0.2) is 40.2 Å². The summed E-state index contributed by atoms with van der Waals surface area (Å²) in [7, 11) is 0. The van der Waals surface area contributed by atoms with Crippen molar-refractivity contribution in [3.05, 3.63) is 71.3 Å². The van der Waals surface area contributed by atoms with Gasteiger partial charge >= 0.3 is 6.09 Å². The molecule has 0 aliphatic carbocycles. The summed E-state index contributed by atoms with van der Waals surface area (Å²) in [6.45, 7) is 5.55. The number of carbonyl (C=O) groups excluding carboxylic acids is 2. The van der Waals surface area contributed by atoms with Crippen molar-refractivity contribution >= 4 is 12.0 Å². The van der Waals surface area contributed by atoms with Crippen LogP contribution in [-0.2, 0) is 11.2 Å². The van der Waals surface area contributed by atoms with Gasteiger partial charge in [0, 0.05) is 17.7 Å². The SMILES string of the molecule is CC(C)(C)OC(=O)N[C@@H](Cc1ccccc1)CN1C(=O)c2ccccc2C1O. The molecule has 1 heterocycles. The van der Waals surface area contributed by atoms with Crippen molar-refractivity contribution in [2.75, 3.05) is 6.54 Å². The Morgan fingerprint density at radius 3 is 2.43 bits per heavy atom. The molecule has 2 aromatic carbocycles. The zero-order chi connectivity index (χ0) is 20.3. The molecule has 1 aliphatic rings. The van der Waals surface area contributed by atoms with Gasteiger partial charge < -0.3 is 20.1 Å². The molecule has 0 saturated heterocycles. The highest BCUT2D eigenvalue weighted by atomic mass is 16.6. The number of nitrogens with zero attached hydrogens (tertiary/aromatic N) is 1. The summed E-state index contributed by atoms with van der Waals surface area (Å²) in [6, 6.07) is 16.3. The summed E-state index contributed by atoms with van der Waals surface area (Å²) in [4.78, 5) is 26.4. The fraction of sp³-hybridized carbons (Fsp3) is 0.364. The standard InChI is InChI=1S/C22H26N2O4/c1-22(2,3)28-21(27)23-16(13-15-9-5-4-6-10-15)14-24-19(25)17-11-7-8-12-18(17)20(24)26/h4-12,16,19,25H,13-14H2,1-3H3,(H,23,27)/t16-,19?/m0/s1. The van der Waals surface area contributed by atoms with E-state index in [0.717, 1.165) is 5.56 Å². The minimum atomic E-state index is -1.03. The summed E-state index contributed by atoms with van der Waals surface area (Å²) in [6.07, 6.45) is -1.07. The molecule has 148 valence electrons. The van der Waals surface area contributed by atoms with Gasteiger partial charge in [-0.15, -0.1) is 0 Å². The van der Waals surface area contributed by atoms with E-state index in [4.69, 9.17) is 4.74 Å². The number of hydrogen-bond donors (Lipinski definition) is 2. The van der Waals surface area contributed by atoms with Crippen LogP contribution in [0.2, 0.25) is 0 Å². The molecule has 28 heavy (non-hydrogen) atoms. The first kappa shape index (κ1) is 19.9. The van der Waals surface area contributed by atoms with Gasteiger partial charge in [-0.25, -0.2) is 4.79 Å². The molecule has 1 unspecified atom stereocenters. The summed E-state index contributed by atoms with van der Waals surface area (Å²) < 4.78 is 5.37. The number of aliphatic hydroxyl groups is 1. The Bertz CT molecular complexity index is 845. The molecule has 6 heteroatoms. The largest absolute Gasteiger partial charge is 0.444 e. The molecule has 2 atom stereocenters. The van der Waals surface area contributed by atoms with Crippen LogP contribution >= 0.6 is 0 Å². The van der Waals surface area contributed by atoms with Gasteiger partial charge in [0.2, 0.25) is 0 Å². The molecular formula is C22H26N2O4. The van der Waals surface area contributed by atoms with E-state index >= 15 is 0 Å². The fourth-order valence-corrected chi connectivity index (χ4v) is 3.30. The second kappa shape index (κ2) is 8.02. The Morgan fingerprint density at radius 2 is 1.79 bits per heavy atom. The third-order valence-electron chi connectivity index (χ3n) is 4.49. The van der Waals surface area contributed by atoms with Crippen molar-refractivity contribution < 1.29 is 19.4 Å². The molecule has 0 bridgehead atoms. The smallest absolute Gasteiger partial charge is 0.407 e. The van der Waals surface area contributed by atoms with Gasteiger partial charge in [-0.05, 0) is 38.8 Å². The highest BCUT2D eigenvalue weighted by molar-refractivity contribution is 5.98. The molecular weight excluding hydrogens is 356 g/mol. The monoisotopic (exact) mass is 382 g/mol. The van der Waals surface area contributed by atoms with Crippen LogP contribution in [0.25, 0.3) is 0 Å². The molecule has 6 nitrogen and oxygen atoms in total. The van der Waals surface area contributed by atoms with E-state index in [1.165, 1.54) is 4.90 Å².